The summed E-state index contributed by atoms with van der Waals surface area (Å²) in [6.45, 7) is 8.14. The quantitative estimate of drug-likeness (QED) is 0.899. The van der Waals surface area contributed by atoms with E-state index < -0.39 is 0 Å². The van der Waals surface area contributed by atoms with Gasteiger partial charge in [-0.1, -0.05) is 6.92 Å². The van der Waals surface area contributed by atoms with E-state index in [-0.39, 0.29) is 5.78 Å². The molecule has 0 aliphatic carbocycles. The summed E-state index contributed by atoms with van der Waals surface area (Å²) in [6.07, 6.45) is 2.42. The summed E-state index contributed by atoms with van der Waals surface area (Å²) in [5.74, 6) is 3.34. The smallest absolute Gasteiger partial charge is 0.148 e. The van der Waals surface area contributed by atoms with Crippen LogP contribution >= 0.6 is 0 Å². The second kappa shape index (κ2) is 5.99. The third-order valence-electron chi connectivity index (χ3n) is 3.45. The van der Waals surface area contributed by atoms with E-state index in [1.807, 2.05) is 13.0 Å². The molecule has 5 heteroatoms. The van der Waals surface area contributed by atoms with Crippen LogP contribution in [0, 0.1) is 12.8 Å². The lowest BCUT2D eigenvalue weighted by molar-refractivity contribution is -0.115. The lowest BCUT2D eigenvalue weighted by Crippen LogP contribution is -2.33. The van der Waals surface area contributed by atoms with Gasteiger partial charge in [0.05, 0.1) is 6.54 Å². The number of hydrogen-bond acceptors (Lipinski definition) is 5. The van der Waals surface area contributed by atoms with Crippen molar-refractivity contribution in [3.8, 4) is 0 Å². The Balaban J connectivity index is 2.09. The van der Waals surface area contributed by atoms with E-state index >= 15 is 0 Å². The molecule has 0 aromatic carbocycles. The van der Waals surface area contributed by atoms with Crippen LogP contribution in [0.1, 0.15) is 32.5 Å². The van der Waals surface area contributed by atoms with Gasteiger partial charge in [0.15, 0.2) is 0 Å². The highest BCUT2D eigenvalue weighted by atomic mass is 16.1. The standard InChI is InChI=1S/C14H22N4O/c1-10-4-6-18(7-5-10)14-8-13(15-9-11(2)19)16-12(3)17-14/h8,10H,4-7,9H2,1-3H3,(H,15,16,17). The molecule has 0 unspecified atom stereocenters. The number of aryl methyl sites for hydroxylation is 1. The molecular formula is C14H22N4O. The maximum absolute atomic E-state index is 11.0. The molecule has 1 aliphatic heterocycles. The maximum Gasteiger partial charge on any atom is 0.148 e. The molecule has 1 aromatic rings. The number of carbonyl (C=O) groups is 1. The number of ketones is 1. The number of rotatable bonds is 4. The SMILES string of the molecule is CC(=O)CNc1cc(N2CCC(C)CC2)nc(C)n1. The van der Waals surface area contributed by atoms with E-state index in [9.17, 15) is 4.79 Å². The van der Waals surface area contributed by atoms with E-state index in [4.69, 9.17) is 0 Å². The minimum atomic E-state index is 0.101. The Bertz CT molecular complexity index is 453. The van der Waals surface area contributed by atoms with Crippen LogP contribution in [0.4, 0.5) is 11.6 Å². The number of Topliss-reactive ketones (excluding diaryl/α,β-unsaturated/α-hetero) is 1. The molecule has 5 nitrogen and oxygen atoms in total. The third-order valence-corrected chi connectivity index (χ3v) is 3.45. The molecule has 1 aliphatic rings. The average Bonchev–Trinajstić information content (AvgIpc) is 2.36. The van der Waals surface area contributed by atoms with Crippen molar-refractivity contribution in [2.75, 3.05) is 29.9 Å². The van der Waals surface area contributed by atoms with Crippen LogP contribution in [0.5, 0.6) is 0 Å². The summed E-state index contributed by atoms with van der Waals surface area (Å²) < 4.78 is 0. The van der Waals surface area contributed by atoms with Gasteiger partial charge in [-0.25, -0.2) is 9.97 Å². The molecule has 0 atom stereocenters. The lowest BCUT2D eigenvalue weighted by Gasteiger charge is -2.31. The summed E-state index contributed by atoms with van der Waals surface area (Å²) in [5.41, 5.74) is 0. The third kappa shape index (κ3) is 3.91. The van der Waals surface area contributed by atoms with Gasteiger partial charge in [0.1, 0.15) is 23.2 Å². The Kier molecular flexibility index (Phi) is 4.35. The molecule has 0 amide bonds. The number of anilines is 2. The fraction of sp³-hybridized carbons (Fsp3) is 0.643. The van der Waals surface area contributed by atoms with Crippen LogP contribution in [0.2, 0.25) is 0 Å². The zero-order valence-corrected chi connectivity index (χ0v) is 11.9. The Morgan fingerprint density at radius 2 is 2.11 bits per heavy atom. The van der Waals surface area contributed by atoms with Gasteiger partial charge in [-0.05, 0) is 32.6 Å². The van der Waals surface area contributed by atoms with E-state index in [1.165, 1.54) is 12.8 Å². The van der Waals surface area contributed by atoms with Gasteiger partial charge in [0.2, 0.25) is 0 Å². The predicted molar refractivity (Wildman–Crippen MR) is 76.6 cm³/mol. The minimum absolute atomic E-state index is 0.101. The number of nitrogens with one attached hydrogen (secondary N) is 1. The molecule has 0 saturated carbocycles. The highest BCUT2D eigenvalue weighted by molar-refractivity contribution is 5.80. The van der Waals surface area contributed by atoms with Crippen molar-refractivity contribution in [2.45, 2.75) is 33.6 Å². The highest BCUT2D eigenvalue weighted by Gasteiger charge is 2.17. The molecule has 0 bridgehead atoms. The van der Waals surface area contributed by atoms with E-state index in [0.29, 0.717) is 6.54 Å². The topological polar surface area (TPSA) is 58.1 Å². The van der Waals surface area contributed by atoms with Gasteiger partial charge in [-0.2, -0.15) is 0 Å². The summed E-state index contributed by atoms with van der Waals surface area (Å²) in [6, 6.07) is 1.94. The van der Waals surface area contributed by atoms with Crippen molar-refractivity contribution in [3.05, 3.63) is 11.9 Å². The van der Waals surface area contributed by atoms with Crippen LogP contribution in [0.3, 0.4) is 0 Å². The molecule has 1 aromatic heterocycles. The fourth-order valence-corrected chi connectivity index (χ4v) is 2.26. The fourth-order valence-electron chi connectivity index (χ4n) is 2.26. The Morgan fingerprint density at radius 1 is 1.42 bits per heavy atom. The summed E-state index contributed by atoms with van der Waals surface area (Å²) in [5, 5.41) is 3.05. The van der Waals surface area contributed by atoms with Crippen LogP contribution in [0.25, 0.3) is 0 Å². The van der Waals surface area contributed by atoms with Crippen molar-refractivity contribution in [1.29, 1.82) is 0 Å². The molecule has 2 heterocycles. The molecule has 1 N–H and O–H groups in total. The monoisotopic (exact) mass is 262 g/mol. The number of piperidine rings is 1. The van der Waals surface area contributed by atoms with Gasteiger partial charge in [0, 0.05) is 19.2 Å². The van der Waals surface area contributed by atoms with E-state index in [2.05, 4.69) is 27.1 Å². The number of hydrogen-bond donors (Lipinski definition) is 1. The van der Waals surface area contributed by atoms with Crippen LogP contribution in [0.15, 0.2) is 6.07 Å². The Hall–Kier alpha value is -1.65. The van der Waals surface area contributed by atoms with Gasteiger partial charge in [-0.3, -0.25) is 4.79 Å². The van der Waals surface area contributed by atoms with E-state index in [0.717, 1.165) is 36.5 Å². The molecule has 0 radical (unpaired) electrons. The number of carbonyl (C=O) groups excluding carboxylic acids is 1. The zero-order valence-electron chi connectivity index (χ0n) is 11.9. The van der Waals surface area contributed by atoms with Gasteiger partial charge < -0.3 is 10.2 Å². The largest absolute Gasteiger partial charge is 0.363 e. The summed E-state index contributed by atoms with van der Waals surface area (Å²) in [4.78, 5) is 22.1. The van der Waals surface area contributed by atoms with Crippen molar-refractivity contribution >= 4 is 17.4 Å². The summed E-state index contributed by atoms with van der Waals surface area (Å²) in [7, 11) is 0. The van der Waals surface area contributed by atoms with Gasteiger partial charge in [0.25, 0.3) is 0 Å². The first-order valence-electron chi connectivity index (χ1n) is 6.88. The lowest BCUT2D eigenvalue weighted by atomic mass is 9.99. The second-order valence-corrected chi connectivity index (χ2v) is 5.38. The zero-order chi connectivity index (χ0) is 13.8. The molecule has 2 rings (SSSR count). The van der Waals surface area contributed by atoms with Crippen molar-refractivity contribution in [1.82, 2.24) is 9.97 Å². The first-order chi connectivity index (χ1) is 9.04. The Labute approximate surface area is 114 Å². The molecule has 1 fully saturated rings. The molecule has 104 valence electrons. The number of nitrogens with zero attached hydrogens (tertiary/aromatic N) is 3. The minimum Gasteiger partial charge on any atom is -0.363 e. The Morgan fingerprint density at radius 3 is 2.74 bits per heavy atom. The van der Waals surface area contributed by atoms with E-state index in [1.54, 1.807) is 6.92 Å². The first-order valence-corrected chi connectivity index (χ1v) is 6.88. The average molecular weight is 262 g/mol. The van der Waals surface area contributed by atoms with Gasteiger partial charge in [-0.15, -0.1) is 0 Å². The maximum atomic E-state index is 11.0. The van der Waals surface area contributed by atoms with Crippen LogP contribution in [-0.4, -0.2) is 35.4 Å². The van der Waals surface area contributed by atoms with Crippen LogP contribution < -0.4 is 10.2 Å². The molecule has 0 spiro atoms. The molecule has 19 heavy (non-hydrogen) atoms. The normalized spacial score (nSPS) is 16.5. The first kappa shape index (κ1) is 13.8. The molecule has 1 saturated heterocycles. The molecular weight excluding hydrogens is 240 g/mol. The second-order valence-electron chi connectivity index (χ2n) is 5.38. The van der Waals surface area contributed by atoms with Crippen molar-refractivity contribution in [2.24, 2.45) is 5.92 Å². The van der Waals surface area contributed by atoms with Crippen LogP contribution in [-0.2, 0) is 4.79 Å². The predicted octanol–water partition coefficient (Wildman–Crippen LogP) is 2.02. The van der Waals surface area contributed by atoms with Gasteiger partial charge >= 0.3 is 0 Å². The number of aromatic nitrogens is 2. The summed E-state index contributed by atoms with van der Waals surface area (Å²) >= 11 is 0. The highest BCUT2D eigenvalue weighted by Crippen LogP contribution is 2.22. The van der Waals surface area contributed by atoms with Crippen molar-refractivity contribution < 1.29 is 4.79 Å². The van der Waals surface area contributed by atoms with Crippen molar-refractivity contribution in [3.63, 3.8) is 0 Å².